The first-order valence-corrected chi connectivity index (χ1v) is 7.17. The summed E-state index contributed by atoms with van der Waals surface area (Å²) in [5.41, 5.74) is 7.62. The van der Waals surface area contributed by atoms with Crippen molar-refractivity contribution in [2.75, 3.05) is 11.9 Å². The Hall–Kier alpha value is -1.51. The zero-order chi connectivity index (χ0) is 14.0. The molecule has 3 atom stereocenters. The Morgan fingerprint density at radius 3 is 2.53 bits per heavy atom. The van der Waals surface area contributed by atoms with E-state index < -0.39 is 0 Å². The number of nitrogens with one attached hydrogen (secondary N) is 1. The predicted octanol–water partition coefficient (Wildman–Crippen LogP) is 3.23. The molecule has 3 N–H and O–H groups in total. The molecule has 0 spiro atoms. The van der Waals surface area contributed by atoms with Crippen molar-refractivity contribution in [1.82, 2.24) is 0 Å². The predicted molar refractivity (Wildman–Crippen MR) is 81.8 cm³/mol. The minimum absolute atomic E-state index is 0.152. The number of hydrogen-bond acceptors (Lipinski definition) is 2. The van der Waals surface area contributed by atoms with E-state index in [2.05, 4.69) is 31.9 Å². The normalized spacial score (nSPS) is 27.0. The monoisotopic (exact) mass is 259 g/mol. The summed E-state index contributed by atoms with van der Waals surface area (Å²) in [6.07, 6.45) is 3.75. The summed E-state index contributed by atoms with van der Waals surface area (Å²) in [6.45, 7) is 4.70. The van der Waals surface area contributed by atoms with Crippen molar-refractivity contribution in [3.63, 3.8) is 0 Å². The smallest absolute Gasteiger partial charge is 0.124 e. The molecule has 0 amide bonds. The maximum atomic E-state index is 7.71. The lowest BCUT2D eigenvalue weighted by molar-refractivity contribution is 0.247. The molecule has 1 saturated carbocycles. The van der Waals surface area contributed by atoms with Crippen LogP contribution < -0.4 is 10.6 Å². The van der Waals surface area contributed by atoms with Crippen LogP contribution in [0, 0.1) is 17.2 Å². The SMILES string of the molecule is CC1CCC(N(C)c2ccccc2C(=N)N)CC1C. The number of amidine groups is 1. The van der Waals surface area contributed by atoms with Gasteiger partial charge in [-0.2, -0.15) is 0 Å². The lowest BCUT2D eigenvalue weighted by Crippen LogP contribution is -2.38. The first-order valence-electron chi connectivity index (χ1n) is 7.17. The fourth-order valence-corrected chi connectivity index (χ4v) is 3.08. The number of rotatable bonds is 3. The van der Waals surface area contributed by atoms with Gasteiger partial charge in [-0.05, 0) is 43.2 Å². The van der Waals surface area contributed by atoms with E-state index in [1.807, 2.05) is 18.2 Å². The molecule has 1 aromatic carbocycles. The lowest BCUT2D eigenvalue weighted by Gasteiger charge is -2.39. The molecule has 1 aliphatic carbocycles. The summed E-state index contributed by atoms with van der Waals surface area (Å²) >= 11 is 0. The molecule has 1 fully saturated rings. The zero-order valence-electron chi connectivity index (χ0n) is 12.2. The van der Waals surface area contributed by atoms with Gasteiger partial charge in [0.25, 0.3) is 0 Å². The van der Waals surface area contributed by atoms with Crippen LogP contribution in [0.15, 0.2) is 24.3 Å². The number of nitrogens with two attached hydrogens (primary N) is 1. The van der Waals surface area contributed by atoms with E-state index in [1.54, 1.807) is 0 Å². The topological polar surface area (TPSA) is 53.1 Å². The van der Waals surface area contributed by atoms with Crippen molar-refractivity contribution in [2.45, 2.75) is 39.2 Å². The molecule has 3 nitrogen and oxygen atoms in total. The average Bonchev–Trinajstić information content (AvgIpc) is 2.41. The Bertz CT molecular complexity index is 455. The van der Waals surface area contributed by atoms with Gasteiger partial charge in [-0.25, -0.2) is 0 Å². The summed E-state index contributed by atoms with van der Waals surface area (Å²) in [5, 5.41) is 7.71. The average molecular weight is 259 g/mol. The van der Waals surface area contributed by atoms with Crippen LogP contribution >= 0.6 is 0 Å². The molecule has 1 aliphatic rings. The first-order chi connectivity index (χ1) is 9.00. The Morgan fingerprint density at radius 1 is 1.21 bits per heavy atom. The van der Waals surface area contributed by atoms with Gasteiger partial charge in [0.05, 0.1) is 0 Å². The summed E-state index contributed by atoms with van der Waals surface area (Å²) in [5.74, 6) is 1.75. The molecular weight excluding hydrogens is 234 g/mol. The van der Waals surface area contributed by atoms with Crippen LogP contribution in [-0.4, -0.2) is 18.9 Å². The number of hydrogen-bond donors (Lipinski definition) is 2. The van der Waals surface area contributed by atoms with Crippen molar-refractivity contribution in [3.8, 4) is 0 Å². The highest BCUT2D eigenvalue weighted by Crippen LogP contribution is 2.34. The standard InChI is InChI=1S/C16H25N3/c1-11-8-9-13(10-12(11)2)19(3)15-7-5-4-6-14(15)16(17)18/h4-7,11-13H,8-10H2,1-3H3,(H3,17,18). The fourth-order valence-electron chi connectivity index (χ4n) is 3.08. The van der Waals surface area contributed by atoms with Crippen LogP contribution in [0.3, 0.4) is 0 Å². The van der Waals surface area contributed by atoms with Crippen LogP contribution in [0.5, 0.6) is 0 Å². The quantitative estimate of drug-likeness (QED) is 0.647. The molecule has 1 aromatic rings. The molecule has 0 saturated heterocycles. The van der Waals surface area contributed by atoms with Crippen LogP contribution in [0.1, 0.15) is 38.7 Å². The first kappa shape index (κ1) is 13.9. The minimum Gasteiger partial charge on any atom is -0.384 e. The molecule has 104 valence electrons. The Balaban J connectivity index is 2.20. The number of para-hydroxylation sites is 1. The van der Waals surface area contributed by atoms with E-state index in [0.29, 0.717) is 6.04 Å². The van der Waals surface area contributed by atoms with Gasteiger partial charge in [0.2, 0.25) is 0 Å². The van der Waals surface area contributed by atoms with Gasteiger partial charge in [-0.3, -0.25) is 5.41 Å². The number of nitrogens with zero attached hydrogens (tertiary/aromatic N) is 1. The maximum Gasteiger partial charge on any atom is 0.124 e. The van der Waals surface area contributed by atoms with Gasteiger partial charge in [-0.15, -0.1) is 0 Å². The second kappa shape index (κ2) is 5.64. The van der Waals surface area contributed by atoms with Crippen molar-refractivity contribution in [2.24, 2.45) is 17.6 Å². The van der Waals surface area contributed by atoms with Gasteiger partial charge in [0.15, 0.2) is 0 Å². The third-order valence-electron chi connectivity index (χ3n) is 4.69. The van der Waals surface area contributed by atoms with E-state index in [0.717, 1.165) is 23.1 Å². The molecule has 0 heterocycles. The Morgan fingerprint density at radius 2 is 1.89 bits per heavy atom. The molecule has 0 aliphatic heterocycles. The summed E-state index contributed by atoms with van der Waals surface area (Å²) in [6, 6.07) is 8.53. The van der Waals surface area contributed by atoms with Crippen molar-refractivity contribution in [1.29, 1.82) is 5.41 Å². The molecule has 19 heavy (non-hydrogen) atoms. The summed E-state index contributed by atoms with van der Waals surface area (Å²) < 4.78 is 0. The zero-order valence-corrected chi connectivity index (χ0v) is 12.2. The number of benzene rings is 1. The minimum atomic E-state index is 0.152. The number of anilines is 1. The van der Waals surface area contributed by atoms with Crippen LogP contribution in [-0.2, 0) is 0 Å². The molecule has 0 radical (unpaired) electrons. The van der Waals surface area contributed by atoms with Gasteiger partial charge < -0.3 is 10.6 Å². The molecule has 2 rings (SSSR count). The van der Waals surface area contributed by atoms with Crippen LogP contribution in [0.4, 0.5) is 5.69 Å². The highest BCUT2D eigenvalue weighted by atomic mass is 15.1. The maximum absolute atomic E-state index is 7.71. The van der Waals surface area contributed by atoms with E-state index in [-0.39, 0.29) is 5.84 Å². The lowest BCUT2D eigenvalue weighted by atomic mass is 9.78. The highest BCUT2D eigenvalue weighted by Gasteiger charge is 2.28. The molecule has 0 bridgehead atoms. The van der Waals surface area contributed by atoms with Crippen LogP contribution in [0.25, 0.3) is 0 Å². The molecular formula is C16H25N3. The van der Waals surface area contributed by atoms with E-state index >= 15 is 0 Å². The second-order valence-corrected chi connectivity index (χ2v) is 5.96. The summed E-state index contributed by atoms with van der Waals surface area (Å²) in [4.78, 5) is 2.32. The van der Waals surface area contributed by atoms with E-state index in [9.17, 15) is 0 Å². The number of nitrogen functional groups attached to an aromatic ring is 1. The van der Waals surface area contributed by atoms with Gasteiger partial charge in [0, 0.05) is 24.3 Å². The van der Waals surface area contributed by atoms with Crippen molar-refractivity contribution >= 4 is 11.5 Å². The van der Waals surface area contributed by atoms with Crippen LogP contribution in [0.2, 0.25) is 0 Å². The summed E-state index contributed by atoms with van der Waals surface area (Å²) in [7, 11) is 2.13. The highest BCUT2D eigenvalue weighted by molar-refractivity contribution is 6.00. The Kier molecular flexibility index (Phi) is 4.13. The molecule has 3 unspecified atom stereocenters. The van der Waals surface area contributed by atoms with Gasteiger partial charge in [-0.1, -0.05) is 26.0 Å². The van der Waals surface area contributed by atoms with Gasteiger partial charge >= 0.3 is 0 Å². The van der Waals surface area contributed by atoms with Crippen molar-refractivity contribution < 1.29 is 0 Å². The molecule has 3 heteroatoms. The van der Waals surface area contributed by atoms with E-state index in [4.69, 9.17) is 11.1 Å². The third kappa shape index (κ3) is 2.91. The third-order valence-corrected chi connectivity index (χ3v) is 4.69. The van der Waals surface area contributed by atoms with E-state index in [1.165, 1.54) is 19.3 Å². The Labute approximate surface area is 116 Å². The largest absolute Gasteiger partial charge is 0.384 e. The fraction of sp³-hybridized carbons (Fsp3) is 0.562. The molecule has 0 aromatic heterocycles. The van der Waals surface area contributed by atoms with Crippen molar-refractivity contribution in [3.05, 3.63) is 29.8 Å². The van der Waals surface area contributed by atoms with Gasteiger partial charge in [0.1, 0.15) is 5.84 Å². The second-order valence-electron chi connectivity index (χ2n) is 5.96.